The van der Waals surface area contributed by atoms with Crippen molar-refractivity contribution in [1.29, 1.82) is 0 Å². The van der Waals surface area contributed by atoms with E-state index in [1.807, 2.05) is 24.4 Å². The number of imidazole rings is 1. The number of hydrogen-bond donors (Lipinski definition) is 1. The first-order chi connectivity index (χ1) is 12.4. The van der Waals surface area contributed by atoms with Crippen molar-refractivity contribution in [2.45, 2.75) is 25.3 Å². The minimum Gasteiger partial charge on any atom is -0.486 e. The lowest BCUT2D eigenvalue weighted by Gasteiger charge is -2.21. The fourth-order valence-corrected chi connectivity index (χ4v) is 3.84. The molecule has 0 bridgehead atoms. The maximum absolute atomic E-state index is 5.74. The van der Waals surface area contributed by atoms with Crippen molar-refractivity contribution in [2.24, 2.45) is 0 Å². The van der Waals surface area contributed by atoms with Gasteiger partial charge >= 0.3 is 0 Å². The fourth-order valence-electron chi connectivity index (χ4n) is 3.84. The van der Waals surface area contributed by atoms with Gasteiger partial charge < -0.3 is 19.2 Å². The number of aromatic nitrogens is 2. The van der Waals surface area contributed by atoms with Crippen LogP contribution in [0.4, 0.5) is 0 Å². The number of rotatable bonds is 4. The molecule has 128 valence electrons. The van der Waals surface area contributed by atoms with E-state index >= 15 is 0 Å². The summed E-state index contributed by atoms with van der Waals surface area (Å²) in [5.41, 5.74) is 4.88. The third-order valence-corrected chi connectivity index (χ3v) is 5.07. The molecule has 1 atom stereocenters. The Morgan fingerprint density at radius 2 is 2.04 bits per heavy atom. The molecule has 1 aromatic carbocycles. The van der Waals surface area contributed by atoms with Gasteiger partial charge in [-0.1, -0.05) is 6.07 Å². The van der Waals surface area contributed by atoms with Crippen molar-refractivity contribution < 1.29 is 9.47 Å². The van der Waals surface area contributed by atoms with Crippen LogP contribution in [0.3, 0.4) is 0 Å². The largest absolute Gasteiger partial charge is 0.486 e. The van der Waals surface area contributed by atoms with Gasteiger partial charge in [-0.3, -0.25) is 0 Å². The van der Waals surface area contributed by atoms with Crippen LogP contribution in [-0.4, -0.2) is 29.1 Å². The Kier molecular flexibility index (Phi) is 3.59. The first-order valence-electron chi connectivity index (χ1n) is 8.95. The first-order valence-corrected chi connectivity index (χ1v) is 8.95. The third-order valence-electron chi connectivity index (χ3n) is 5.07. The van der Waals surface area contributed by atoms with E-state index in [0.29, 0.717) is 19.3 Å². The zero-order chi connectivity index (χ0) is 16.6. The summed E-state index contributed by atoms with van der Waals surface area (Å²) in [5, 5.41) is 3.69. The van der Waals surface area contributed by atoms with Gasteiger partial charge in [0.05, 0.1) is 5.69 Å². The molecule has 0 saturated carbocycles. The number of nitrogens with one attached hydrogen (secondary N) is 1. The van der Waals surface area contributed by atoms with Gasteiger partial charge in [0.25, 0.3) is 0 Å². The molecule has 1 N–H and O–H groups in total. The summed E-state index contributed by atoms with van der Waals surface area (Å²) < 4.78 is 13.5. The molecule has 1 aliphatic heterocycles. The average molecular weight is 335 g/mol. The number of nitrogens with zero attached hydrogens (tertiary/aromatic N) is 2. The van der Waals surface area contributed by atoms with E-state index in [-0.39, 0.29) is 0 Å². The Balaban J connectivity index is 1.27. The standard InChI is InChI=1S/C20H21N3O2/c1-2-8-23-13-15(22-20(23)3-1)6-7-21-17-5-4-14-11-18-19(12-16(14)17)25-10-9-24-18/h1-3,8,11-13,17,21H,4-7,9-10H2/t17-/m1/s1. The van der Waals surface area contributed by atoms with Crippen LogP contribution in [0.5, 0.6) is 11.5 Å². The van der Waals surface area contributed by atoms with Crippen molar-refractivity contribution in [3.05, 3.63) is 59.5 Å². The highest BCUT2D eigenvalue weighted by Crippen LogP contribution is 2.40. The quantitative estimate of drug-likeness (QED) is 0.796. The van der Waals surface area contributed by atoms with Crippen LogP contribution in [0.15, 0.2) is 42.7 Å². The van der Waals surface area contributed by atoms with E-state index in [4.69, 9.17) is 9.47 Å². The predicted octanol–water partition coefficient (Wildman–Crippen LogP) is 2.93. The van der Waals surface area contributed by atoms with E-state index in [2.05, 4.69) is 33.0 Å². The normalized spacial score (nSPS) is 18.5. The topological polar surface area (TPSA) is 47.8 Å². The zero-order valence-electron chi connectivity index (χ0n) is 14.1. The number of benzene rings is 1. The van der Waals surface area contributed by atoms with Gasteiger partial charge in [0.1, 0.15) is 18.9 Å². The molecule has 25 heavy (non-hydrogen) atoms. The van der Waals surface area contributed by atoms with Crippen LogP contribution >= 0.6 is 0 Å². The highest BCUT2D eigenvalue weighted by molar-refractivity contribution is 5.51. The van der Waals surface area contributed by atoms with Gasteiger partial charge in [-0.25, -0.2) is 4.98 Å². The van der Waals surface area contributed by atoms with E-state index in [1.165, 1.54) is 11.1 Å². The molecule has 2 aromatic heterocycles. The Morgan fingerprint density at radius 1 is 1.16 bits per heavy atom. The molecule has 5 rings (SSSR count). The second kappa shape index (κ2) is 6.08. The van der Waals surface area contributed by atoms with Gasteiger partial charge in [-0.05, 0) is 48.2 Å². The molecule has 0 fully saturated rings. The fraction of sp³-hybridized carbons (Fsp3) is 0.350. The smallest absolute Gasteiger partial charge is 0.161 e. The van der Waals surface area contributed by atoms with Crippen LogP contribution in [0.25, 0.3) is 5.65 Å². The summed E-state index contributed by atoms with van der Waals surface area (Å²) in [4.78, 5) is 4.67. The van der Waals surface area contributed by atoms with E-state index in [1.54, 1.807) is 0 Å². The summed E-state index contributed by atoms with van der Waals surface area (Å²) in [7, 11) is 0. The lowest BCUT2D eigenvalue weighted by Crippen LogP contribution is -2.22. The molecule has 0 saturated heterocycles. The van der Waals surface area contributed by atoms with Gasteiger partial charge in [-0.2, -0.15) is 0 Å². The SMILES string of the molecule is c1ccn2cc(CCN[C@@H]3CCc4cc5c(cc43)OCCO5)nc2c1. The molecule has 0 amide bonds. The number of fused-ring (bicyclic) bond motifs is 3. The molecule has 0 spiro atoms. The molecular weight excluding hydrogens is 314 g/mol. The number of hydrogen-bond acceptors (Lipinski definition) is 4. The second-order valence-electron chi connectivity index (χ2n) is 6.69. The van der Waals surface area contributed by atoms with Gasteiger partial charge in [-0.15, -0.1) is 0 Å². The highest BCUT2D eigenvalue weighted by Gasteiger charge is 2.25. The van der Waals surface area contributed by atoms with Crippen molar-refractivity contribution in [3.63, 3.8) is 0 Å². The molecule has 5 nitrogen and oxygen atoms in total. The zero-order valence-corrected chi connectivity index (χ0v) is 14.1. The summed E-state index contributed by atoms with van der Waals surface area (Å²) >= 11 is 0. The molecule has 5 heteroatoms. The van der Waals surface area contributed by atoms with Crippen molar-refractivity contribution in [1.82, 2.24) is 14.7 Å². The first kappa shape index (κ1) is 14.8. The Bertz CT molecular complexity index is 885. The summed E-state index contributed by atoms with van der Waals surface area (Å²) in [5.74, 6) is 1.79. The summed E-state index contributed by atoms with van der Waals surface area (Å²) in [6.07, 6.45) is 7.30. The molecule has 3 heterocycles. The van der Waals surface area contributed by atoms with Crippen molar-refractivity contribution in [2.75, 3.05) is 19.8 Å². The number of ether oxygens (including phenoxy) is 2. The minimum absolute atomic E-state index is 0.392. The van der Waals surface area contributed by atoms with E-state index in [0.717, 1.165) is 48.6 Å². The monoisotopic (exact) mass is 335 g/mol. The maximum Gasteiger partial charge on any atom is 0.161 e. The van der Waals surface area contributed by atoms with Crippen LogP contribution < -0.4 is 14.8 Å². The lowest BCUT2D eigenvalue weighted by molar-refractivity contribution is 0.171. The van der Waals surface area contributed by atoms with Gasteiger partial charge in [0, 0.05) is 31.4 Å². The summed E-state index contributed by atoms with van der Waals surface area (Å²) in [6, 6.07) is 10.8. The van der Waals surface area contributed by atoms with Crippen LogP contribution in [0.2, 0.25) is 0 Å². The Labute approximate surface area is 146 Å². The maximum atomic E-state index is 5.74. The van der Waals surface area contributed by atoms with E-state index in [9.17, 15) is 0 Å². The molecule has 0 radical (unpaired) electrons. The predicted molar refractivity (Wildman–Crippen MR) is 95.4 cm³/mol. The summed E-state index contributed by atoms with van der Waals surface area (Å²) in [6.45, 7) is 2.20. The lowest BCUT2D eigenvalue weighted by atomic mass is 10.1. The van der Waals surface area contributed by atoms with Crippen LogP contribution in [-0.2, 0) is 12.8 Å². The molecule has 3 aromatic rings. The number of aryl methyl sites for hydroxylation is 1. The number of pyridine rings is 1. The van der Waals surface area contributed by atoms with Crippen molar-refractivity contribution in [3.8, 4) is 11.5 Å². The van der Waals surface area contributed by atoms with Gasteiger partial charge in [0.2, 0.25) is 0 Å². The Morgan fingerprint density at radius 3 is 2.92 bits per heavy atom. The average Bonchev–Trinajstić information content (AvgIpc) is 3.23. The van der Waals surface area contributed by atoms with Crippen molar-refractivity contribution >= 4 is 5.65 Å². The highest BCUT2D eigenvalue weighted by atomic mass is 16.6. The van der Waals surface area contributed by atoms with Crippen LogP contribution in [0.1, 0.15) is 29.3 Å². The van der Waals surface area contributed by atoms with E-state index < -0.39 is 0 Å². The van der Waals surface area contributed by atoms with Gasteiger partial charge in [0.15, 0.2) is 11.5 Å². The minimum atomic E-state index is 0.392. The van der Waals surface area contributed by atoms with Crippen LogP contribution in [0, 0.1) is 0 Å². The second-order valence-corrected chi connectivity index (χ2v) is 6.69. The molecule has 2 aliphatic rings. The Hall–Kier alpha value is -2.53. The molecule has 0 unspecified atom stereocenters. The molecular formula is C20H21N3O2. The molecule has 1 aliphatic carbocycles. The third kappa shape index (κ3) is 2.74.